The maximum Gasteiger partial charge on any atom is 0.407 e. The van der Waals surface area contributed by atoms with Gasteiger partial charge in [0.25, 0.3) is 0 Å². The molecular formula is C10H17NO4. The van der Waals surface area contributed by atoms with Crippen molar-refractivity contribution in [3.63, 3.8) is 0 Å². The average molecular weight is 215 g/mol. The van der Waals surface area contributed by atoms with E-state index in [-0.39, 0.29) is 0 Å². The van der Waals surface area contributed by atoms with Crippen LogP contribution in [0.5, 0.6) is 0 Å². The maximum atomic E-state index is 11.3. The van der Waals surface area contributed by atoms with Crippen molar-refractivity contribution in [3.8, 4) is 0 Å². The summed E-state index contributed by atoms with van der Waals surface area (Å²) in [5.41, 5.74) is 0.511. The molecule has 0 bridgehead atoms. The first kappa shape index (κ1) is 12.0. The molecular weight excluding hydrogens is 198 g/mol. The van der Waals surface area contributed by atoms with Gasteiger partial charge in [0.1, 0.15) is 18.8 Å². The second kappa shape index (κ2) is 5.14. The first-order chi connectivity index (χ1) is 6.97. The summed E-state index contributed by atoms with van der Waals surface area (Å²) in [6.45, 7) is 6.70. The van der Waals surface area contributed by atoms with Crippen molar-refractivity contribution in [1.82, 2.24) is 5.32 Å². The fraction of sp³-hybridized carbons (Fsp3) is 0.700. The molecule has 0 saturated carbocycles. The zero-order chi connectivity index (χ0) is 11.3. The summed E-state index contributed by atoms with van der Waals surface area (Å²) in [5, 5.41) is 2.64. The van der Waals surface area contributed by atoms with Gasteiger partial charge in [-0.1, -0.05) is 6.08 Å². The van der Waals surface area contributed by atoms with Gasteiger partial charge >= 0.3 is 6.09 Å². The van der Waals surface area contributed by atoms with Crippen LogP contribution in [-0.4, -0.2) is 31.5 Å². The van der Waals surface area contributed by atoms with Crippen LogP contribution < -0.4 is 5.32 Å². The molecule has 1 N–H and O–H groups in total. The predicted octanol–water partition coefficient (Wildman–Crippen LogP) is 1.40. The normalized spacial score (nSPS) is 16.9. The third kappa shape index (κ3) is 5.39. The fourth-order valence-electron chi connectivity index (χ4n) is 0.999. The monoisotopic (exact) mass is 215 g/mol. The number of hydrogen-bond donors (Lipinski definition) is 1. The van der Waals surface area contributed by atoms with E-state index in [0.29, 0.717) is 19.8 Å². The molecule has 1 aliphatic rings. The van der Waals surface area contributed by atoms with Gasteiger partial charge in [-0.15, -0.1) is 0 Å². The van der Waals surface area contributed by atoms with Gasteiger partial charge in [-0.2, -0.15) is 0 Å². The highest BCUT2D eigenvalue weighted by Crippen LogP contribution is 2.07. The summed E-state index contributed by atoms with van der Waals surface area (Å²) in [6.07, 6.45) is 1.45. The molecule has 5 heteroatoms. The number of nitrogens with one attached hydrogen (secondary N) is 1. The van der Waals surface area contributed by atoms with E-state index < -0.39 is 11.7 Å². The van der Waals surface area contributed by atoms with Crippen molar-refractivity contribution >= 4 is 6.09 Å². The molecule has 0 aromatic carbocycles. The maximum absolute atomic E-state index is 11.3. The van der Waals surface area contributed by atoms with Crippen molar-refractivity contribution in [3.05, 3.63) is 11.6 Å². The summed E-state index contributed by atoms with van der Waals surface area (Å²) >= 11 is 0. The summed E-state index contributed by atoms with van der Waals surface area (Å²) in [5.74, 6) is 0. The molecule has 1 aliphatic heterocycles. The molecule has 86 valence electrons. The third-order valence-corrected chi connectivity index (χ3v) is 1.63. The molecule has 1 rings (SSSR count). The number of alkyl carbamates (subject to hydrolysis) is 1. The van der Waals surface area contributed by atoms with Gasteiger partial charge in [-0.25, -0.2) is 14.6 Å². The molecule has 0 aromatic heterocycles. The van der Waals surface area contributed by atoms with Crippen LogP contribution in [0.1, 0.15) is 20.8 Å². The van der Waals surface area contributed by atoms with Gasteiger partial charge in [0.15, 0.2) is 0 Å². The highest BCUT2D eigenvalue weighted by molar-refractivity contribution is 5.68. The third-order valence-electron chi connectivity index (χ3n) is 1.63. The molecule has 0 spiro atoms. The highest BCUT2D eigenvalue weighted by atomic mass is 17.2. The topological polar surface area (TPSA) is 56.8 Å². The van der Waals surface area contributed by atoms with Crippen LogP contribution in [0.2, 0.25) is 0 Å². The molecule has 0 aromatic rings. The molecule has 1 amide bonds. The first-order valence-corrected chi connectivity index (χ1v) is 4.86. The van der Waals surface area contributed by atoms with E-state index in [9.17, 15) is 4.79 Å². The lowest BCUT2D eigenvalue weighted by atomic mass is 10.2. The van der Waals surface area contributed by atoms with Crippen LogP contribution in [0.4, 0.5) is 4.79 Å². The molecule has 0 atom stereocenters. The van der Waals surface area contributed by atoms with Gasteiger partial charge in [0.2, 0.25) is 0 Å². The zero-order valence-electron chi connectivity index (χ0n) is 9.33. The number of carbonyl (C=O) groups is 1. The zero-order valence-corrected chi connectivity index (χ0v) is 9.33. The number of rotatable bonds is 2. The molecule has 0 fully saturated rings. The van der Waals surface area contributed by atoms with Crippen LogP contribution >= 0.6 is 0 Å². The highest BCUT2D eigenvalue weighted by Gasteiger charge is 2.16. The van der Waals surface area contributed by atoms with E-state index in [1.54, 1.807) is 0 Å². The second-order valence-electron chi connectivity index (χ2n) is 4.26. The molecule has 15 heavy (non-hydrogen) atoms. The summed E-state index contributed by atoms with van der Waals surface area (Å²) < 4.78 is 5.08. The molecule has 0 aliphatic carbocycles. The van der Waals surface area contributed by atoms with Crippen LogP contribution in [-0.2, 0) is 14.5 Å². The van der Waals surface area contributed by atoms with Gasteiger partial charge in [0, 0.05) is 6.54 Å². The van der Waals surface area contributed by atoms with E-state index in [4.69, 9.17) is 9.62 Å². The summed E-state index contributed by atoms with van der Waals surface area (Å²) in [6, 6.07) is 0. The standard InChI is InChI=1S/C10H17NO4/c1-10(2,3)15-9(12)11-6-8-4-5-13-14-7-8/h4H,5-7H2,1-3H3,(H,11,12). The minimum Gasteiger partial charge on any atom is -0.444 e. The number of hydrogen-bond acceptors (Lipinski definition) is 4. The van der Waals surface area contributed by atoms with Crippen molar-refractivity contribution in [2.24, 2.45) is 0 Å². The quantitative estimate of drug-likeness (QED) is 0.558. The lowest BCUT2D eigenvalue weighted by Gasteiger charge is -2.20. The Balaban J connectivity index is 2.24. The lowest BCUT2D eigenvalue weighted by Crippen LogP contribution is -2.34. The van der Waals surface area contributed by atoms with Crippen LogP contribution in [0.15, 0.2) is 11.6 Å². The van der Waals surface area contributed by atoms with Crippen LogP contribution in [0.25, 0.3) is 0 Å². The van der Waals surface area contributed by atoms with Crippen molar-refractivity contribution in [2.45, 2.75) is 26.4 Å². The molecule has 0 unspecified atom stereocenters. The van der Waals surface area contributed by atoms with Crippen molar-refractivity contribution in [1.29, 1.82) is 0 Å². The largest absolute Gasteiger partial charge is 0.444 e. The first-order valence-electron chi connectivity index (χ1n) is 4.86. The Morgan fingerprint density at radius 3 is 2.80 bits per heavy atom. The van der Waals surface area contributed by atoms with E-state index in [1.165, 1.54) is 0 Å². The second-order valence-corrected chi connectivity index (χ2v) is 4.26. The molecule has 1 heterocycles. The van der Waals surface area contributed by atoms with E-state index >= 15 is 0 Å². The smallest absolute Gasteiger partial charge is 0.407 e. The average Bonchev–Trinajstić information content (AvgIpc) is 2.14. The van der Waals surface area contributed by atoms with Gasteiger partial charge in [0.05, 0.1) is 0 Å². The number of amides is 1. The Kier molecular flexibility index (Phi) is 4.11. The Hall–Kier alpha value is -1.07. The van der Waals surface area contributed by atoms with E-state index in [0.717, 1.165) is 5.57 Å². The van der Waals surface area contributed by atoms with Gasteiger partial charge in [-0.3, -0.25) is 0 Å². The van der Waals surface area contributed by atoms with Crippen LogP contribution in [0, 0.1) is 0 Å². The molecule has 0 radical (unpaired) electrons. The SMILES string of the molecule is CC(C)(C)OC(=O)NCC1=CCOOC1. The van der Waals surface area contributed by atoms with E-state index in [2.05, 4.69) is 10.2 Å². The van der Waals surface area contributed by atoms with Gasteiger partial charge < -0.3 is 10.1 Å². The van der Waals surface area contributed by atoms with Crippen LogP contribution in [0.3, 0.4) is 0 Å². The molecule has 5 nitrogen and oxygen atoms in total. The fourth-order valence-corrected chi connectivity index (χ4v) is 0.999. The van der Waals surface area contributed by atoms with Crippen molar-refractivity contribution < 1.29 is 19.3 Å². The van der Waals surface area contributed by atoms with Gasteiger partial charge in [-0.05, 0) is 26.3 Å². The van der Waals surface area contributed by atoms with E-state index in [1.807, 2.05) is 26.8 Å². The lowest BCUT2D eigenvalue weighted by molar-refractivity contribution is -0.286. The Morgan fingerprint density at radius 1 is 1.53 bits per heavy atom. The summed E-state index contributed by atoms with van der Waals surface area (Å²) in [7, 11) is 0. The molecule has 0 saturated heterocycles. The minimum atomic E-state index is -0.468. The van der Waals surface area contributed by atoms with Crippen molar-refractivity contribution in [2.75, 3.05) is 19.8 Å². The Morgan fingerprint density at radius 2 is 2.27 bits per heavy atom. The number of carbonyl (C=O) groups excluding carboxylic acids is 1. The number of ether oxygens (including phenoxy) is 1. The minimum absolute atomic E-state index is 0.385. The summed E-state index contributed by atoms with van der Waals surface area (Å²) in [4.78, 5) is 20.7. The Labute approximate surface area is 89.3 Å². The Bertz CT molecular complexity index is 255. The predicted molar refractivity (Wildman–Crippen MR) is 54.2 cm³/mol.